The molecule has 0 spiro atoms. The van der Waals surface area contributed by atoms with Gasteiger partial charge < -0.3 is 15.3 Å². The van der Waals surface area contributed by atoms with Crippen LogP contribution in [0, 0.1) is 0 Å². The Labute approximate surface area is 81.1 Å². The van der Waals surface area contributed by atoms with E-state index in [1.165, 1.54) is 25.7 Å². The number of aliphatic hydroxyl groups is 1. The maximum atomic E-state index is 8.75. The zero-order valence-electron chi connectivity index (χ0n) is 8.79. The average molecular weight is 186 g/mol. The first-order valence-electron chi connectivity index (χ1n) is 5.26. The molecule has 1 aliphatic rings. The molecule has 0 aromatic carbocycles. The summed E-state index contributed by atoms with van der Waals surface area (Å²) in [6, 6.07) is 1.23. The van der Waals surface area contributed by atoms with E-state index in [9.17, 15) is 0 Å². The lowest BCUT2D eigenvalue weighted by molar-refractivity contribution is 0.169. The minimum atomic E-state index is 0.247. The van der Waals surface area contributed by atoms with Crippen molar-refractivity contribution >= 4 is 0 Å². The van der Waals surface area contributed by atoms with E-state index in [2.05, 4.69) is 24.3 Å². The number of nitrogens with one attached hydrogen (secondary N) is 1. The van der Waals surface area contributed by atoms with Crippen LogP contribution in [-0.4, -0.2) is 49.3 Å². The van der Waals surface area contributed by atoms with Crippen LogP contribution in [-0.2, 0) is 0 Å². The molecule has 2 atom stereocenters. The van der Waals surface area contributed by atoms with Crippen LogP contribution >= 0.6 is 0 Å². The van der Waals surface area contributed by atoms with Crippen molar-refractivity contribution < 1.29 is 5.11 Å². The third kappa shape index (κ3) is 3.25. The maximum Gasteiger partial charge on any atom is 0.0556 e. The van der Waals surface area contributed by atoms with Gasteiger partial charge in [0.25, 0.3) is 0 Å². The Hall–Kier alpha value is -0.120. The molecule has 0 amide bonds. The van der Waals surface area contributed by atoms with Gasteiger partial charge in [-0.05, 0) is 26.9 Å². The van der Waals surface area contributed by atoms with Gasteiger partial charge in [0.15, 0.2) is 0 Å². The van der Waals surface area contributed by atoms with E-state index in [1.54, 1.807) is 0 Å². The molecule has 0 aromatic heterocycles. The Bertz CT molecular complexity index is 139. The first kappa shape index (κ1) is 11.0. The van der Waals surface area contributed by atoms with E-state index in [4.69, 9.17) is 5.11 Å². The second kappa shape index (κ2) is 5.58. The highest BCUT2D eigenvalue weighted by molar-refractivity contribution is 4.85. The van der Waals surface area contributed by atoms with Crippen molar-refractivity contribution in [3.63, 3.8) is 0 Å². The van der Waals surface area contributed by atoms with Crippen molar-refractivity contribution in [3.05, 3.63) is 0 Å². The Morgan fingerprint density at radius 3 is 2.62 bits per heavy atom. The zero-order chi connectivity index (χ0) is 9.68. The van der Waals surface area contributed by atoms with Crippen LogP contribution < -0.4 is 5.32 Å². The molecule has 1 rings (SSSR count). The van der Waals surface area contributed by atoms with Crippen molar-refractivity contribution in [2.24, 2.45) is 0 Å². The molecule has 0 aromatic rings. The molecular weight excluding hydrogens is 164 g/mol. The summed E-state index contributed by atoms with van der Waals surface area (Å²) in [5.74, 6) is 0. The van der Waals surface area contributed by atoms with E-state index in [1.807, 2.05) is 0 Å². The van der Waals surface area contributed by atoms with Crippen molar-refractivity contribution in [2.75, 3.05) is 27.2 Å². The predicted molar refractivity (Wildman–Crippen MR) is 54.8 cm³/mol. The number of aliphatic hydroxyl groups excluding tert-OH is 1. The monoisotopic (exact) mass is 186 g/mol. The van der Waals surface area contributed by atoms with Gasteiger partial charge in [-0.1, -0.05) is 12.8 Å². The number of nitrogens with zero attached hydrogens (tertiary/aromatic N) is 1. The van der Waals surface area contributed by atoms with Gasteiger partial charge in [0.2, 0.25) is 0 Å². The first-order valence-corrected chi connectivity index (χ1v) is 5.26. The fraction of sp³-hybridized carbons (Fsp3) is 1.00. The van der Waals surface area contributed by atoms with Crippen LogP contribution in [0.4, 0.5) is 0 Å². The standard InChI is InChI=1S/C10H22N2O/c1-12(2)10-6-4-3-5-9(10)11-7-8-13/h9-11,13H,3-8H2,1-2H3. The van der Waals surface area contributed by atoms with Crippen molar-refractivity contribution in [1.82, 2.24) is 10.2 Å². The van der Waals surface area contributed by atoms with Gasteiger partial charge in [0, 0.05) is 18.6 Å². The van der Waals surface area contributed by atoms with Gasteiger partial charge >= 0.3 is 0 Å². The van der Waals surface area contributed by atoms with Crippen molar-refractivity contribution in [2.45, 2.75) is 37.8 Å². The molecule has 3 nitrogen and oxygen atoms in total. The topological polar surface area (TPSA) is 35.5 Å². The minimum absolute atomic E-state index is 0.247. The fourth-order valence-electron chi connectivity index (χ4n) is 2.22. The molecule has 78 valence electrons. The van der Waals surface area contributed by atoms with E-state index in [-0.39, 0.29) is 6.61 Å². The molecule has 3 heteroatoms. The molecule has 1 saturated carbocycles. The molecule has 1 fully saturated rings. The Balaban J connectivity index is 2.37. The molecule has 0 aliphatic heterocycles. The van der Waals surface area contributed by atoms with Crippen LogP contribution in [0.2, 0.25) is 0 Å². The Morgan fingerprint density at radius 2 is 2.00 bits per heavy atom. The first-order chi connectivity index (χ1) is 6.25. The van der Waals surface area contributed by atoms with Gasteiger partial charge in [-0.15, -0.1) is 0 Å². The molecule has 0 radical (unpaired) electrons. The summed E-state index contributed by atoms with van der Waals surface area (Å²) < 4.78 is 0. The van der Waals surface area contributed by atoms with Crippen LogP contribution in [0.25, 0.3) is 0 Å². The Kier molecular flexibility index (Phi) is 4.70. The van der Waals surface area contributed by atoms with E-state index in [0.29, 0.717) is 12.1 Å². The summed E-state index contributed by atoms with van der Waals surface area (Å²) in [6.07, 6.45) is 5.21. The highest BCUT2D eigenvalue weighted by Gasteiger charge is 2.25. The molecule has 0 saturated heterocycles. The quantitative estimate of drug-likeness (QED) is 0.669. The molecule has 0 heterocycles. The molecule has 13 heavy (non-hydrogen) atoms. The molecule has 2 N–H and O–H groups in total. The van der Waals surface area contributed by atoms with Crippen LogP contribution in [0.3, 0.4) is 0 Å². The highest BCUT2D eigenvalue weighted by atomic mass is 16.3. The number of rotatable bonds is 4. The summed E-state index contributed by atoms with van der Waals surface area (Å²) in [6.45, 7) is 0.978. The van der Waals surface area contributed by atoms with E-state index < -0.39 is 0 Å². The third-order valence-electron chi connectivity index (χ3n) is 2.91. The molecule has 1 aliphatic carbocycles. The minimum Gasteiger partial charge on any atom is -0.395 e. The number of hydrogen-bond donors (Lipinski definition) is 2. The van der Waals surface area contributed by atoms with E-state index >= 15 is 0 Å². The second-order valence-electron chi connectivity index (χ2n) is 4.10. The SMILES string of the molecule is CN(C)C1CCCCC1NCCO. The smallest absolute Gasteiger partial charge is 0.0556 e. The maximum absolute atomic E-state index is 8.75. The van der Waals surface area contributed by atoms with Gasteiger partial charge in [-0.3, -0.25) is 0 Å². The van der Waals surface area contributed by atoms with Gasteiger partial charge in [-0.25, -0.2) is 0 Å². The number of hydrogen-bond acceptors (Lipinski definition) is 3. The van der Waals surface area contributed by atoms with Gasteiger partial charge in [0.05, 0.1) is 6.61 Å². The summed E-state index contributed by atoms with van der Waals surface area (Å²) in [5.41, 5.74) is 0. The summed E-state index contributed by atoms with van der Waals surface area (Å²) in [4.78, 5) is 2.30. The average Bonchev–Trinajstić information content (AvgIpc) is 2.15. The van der Waals surface area contributed by atoms with Crippen molar-refractivity contribution in [1.29, 1.82) is 0 Å². The van der Waals surface area contributed by atoms with Gasteiger partial charge in [0.1, 0.15) is 0 Å². The molecular formula is C10H22N2O. The largest absolute Gasteiger partial charge is 0.395 e. The summed E-state index contributed by atoms with van der Waals surface area (Å²) >= 11 is 0. The summed E-state index contributed by atoms with van der Waals surface area (Å²) in [5, 5.41) is 12.2. The lowest BCUT2D eigenvalue weighted by Crippen LogP contribution is -2.49. The normalized spacial score (nSPS) is 29.5. The highest BCUT2D eigenvalue weighted by Crippen LogP contribution is 2.21. The van der Waals surface area contributed by atoms with E-state index in [0.717, 1.165) is 6.54 Å². The lowest BCUT2D eigenvalue weighted by Gasteiger charge is -2.36. The Morgan fingerprint density at radius 1 is 1.31 bits per heavy atom. The predicted octanol–water partition coefficient (Wildman–Crippen LogP) is 0.441. The van der Waals surface area contributed by atoms with Gasteiger partial charge in [-0.2, -0.15) is 0 Å². The lowest BCUT2D eigenvalue weighted by atomic mass is 9.89. The fourth-order valence-corrected chi connectivity index (χ4v) is 2.22. The zero-order valence-corrected chi connectivity index (χ0v) is 8.79. The third-order valence-corrected chi connectivity index (χ3v) is 2.91. The van der Waals surface area contributed by atoms with Crippen LogP contribution in [0.5, 0.6) is 0 Å². The molecule has 0 bridgehead atoms. The number of likely N-dealkylation sites (N-methyl/N-ethyl adjacent to an activating group) is 1. The second-order valence-corrected chi connectivity index (χ2v) is 4.10. The molecule has 2 unspecified atom stereocenters. The van der Waals surface area contributed by atoms with Crippen molar-refractivity contribution in [3.8, 4) is 0 Å². The van der Waals surface area contributed by atoms with Crippen LogP contribution in [0.15, 0.2) is 0 Å². The van der Waals surface area contributed by atoms with Crippen LogP contribution in [0.1, 0.15) is 25.7 Å². The summed E-state index contributed by atoms with van der Waals surface area (Å²) in [7, 11) is 4.28.